The molecule has 0 unspecified atom stereocenters. The maximum absolute atomic E-state index is 11.0. The van der Waals surface area contributed by atoms with Crippen LogP contribution in [-0.4, -0.2) is 22.2 Å². The van der Waals surface area contributed by atoms with Gasteiger partial charge >= 0.3 is 5.97 Å². The number of nitro groups is 1. The van der Waals surface area contributed by atoms with Crippen molar-refractivity contribution >= 4 is 35.2 Å². The molecule has 0 radical (unpaired) electrons. The molecule has 0 heterocycles. The molecule has 112 valence electrons. The average molecular weight is 320 g/mol. The van der Waals surface area contributed by atoms with Crippen molar-refractivity contribution in [2.75, 3.05) is 5.43 Å². The van der Waals surface area contributed by atoms with Crippen molar-refractivity contribution in [3.8, 4) is 0 Å². The van der Waals surface area contributed by atoms with Gasteiger partial charge in [-0.05, 0) is 18.2 Å². The number of nitrogens with one attached hydrogen (secondary N) is 1. The summed E-state index contributed by atoms with van der Waals surface area (Å²) in [6.45, 7) is 0. The summed E-state index contributed by atoms with van der Waals surface area (Å²) in [5, 5.41) is 23.7. The number of rotatable bonds is 5. The Morgan fingerprint density at radius 2 is 2.09 bits per heavy atom. The predicted octanol–water partition coefficient (Wildman–Crippen LogP) is 3.39. The quantitative estimate of drug-likeness (QED) is 0.499. The highest BCUT2D eigenvalue weighted by molar-refractivity contribution is 6.33. The molecule has 2 rings (SSSR count). The van der Waals surface area contributed by atoms with Gasteiger partial charge in [-0.25, -0.2) is 4.79 Å². The van der Waals surface area contributed by atoms with Crippen LogP contribution in [0.15, 0.2) is 47.6 Å². The number of halogens is 1. The molecule has 0 saturated heterocycles. The normalized spacial score (nSPS) is 10.6. The largest absolute Gasteiger partial charge is 0.478 e. The highest BCUT2D eigenvalue weighted by Gasteiger charge is 2.09. The number of hydrazone groups is 1. The van der Waals surface area contributed by atoms with E-state index in [4.69, 9.17) is 16.7 Å². The number of anilines is 1. The molecule has 22 heavy (non-hydrogen) atoms. The van der Waals surface area contributed by atoms with Crippen LogP contribution in [0.5, 0.6) is 0 Å². The highest BCUT2D eigenvalue weighted by Crippen LogP contribution is 2.20. The Bertz CT molecular complexity index is 762. The van der Waals surface area contributed by atoms with Crippen molar-refractivity contribution < 1.29 is 14.8 Å². The molecular formula is C14H10ClN3O4. The number of non-ortho nitro benzene ring substituents is 1. The van der Waals surface area contributed by atoms with E-state index in [0.29, 0.717) is 11.3 Å². The van der Waals surface area contributed by atoms with Crippen LogP contribution in [0, 0.1) is 10.1 Å². The molecule has 0 aromatic heterocycles. The molecule has 0 atom stereocenters. The topological polar surface area (TPSA) is 105 Å². The molecule has 0 saturated carbocycles. The summed E-state index contributed by atoms with van der Waals surface area (Å²) >= 11 is 5.76. The van der Waals surface area contributed by atoms with Crippen LogP contribution in [0.2, 0.25) is 5.02 Å². The summed E-state index contributed by atoms with van der Waals surface area (Å²) < 4.78 is 0. The lowest BCUT2D eigenvalue weighted by Crippen LogP contribution is -1.99. The number of carboxylic acids is 1. The molecule has 8 heteroatoms. The summed E-state index contributed by atoms with van der Waals surface area (Å²) in [5.74, 6) is -1.14. The fourth-order valence-corrected chi connectivity index (χ4v) is 1.86. The van der Waals surface area contributed by atoms with Gasteiger partial charge in [0.05, 0.1) is 27.4 Å². The van der Waals surface area contributed by atoms with Crippen molar-refractivity contribution in [3.05, 3.63) is 68.7 Å². The van der Waals surface area contributed by atoms with Crippen LogP contribution in [0.4, 0.5) is 11.4 Å². The van der Waals surface area contributed by atoms with Gasteiger partial charge in [-0.2, -0.15) is 5.10 Å². The second kappa shape index (κ2) is 6.68. The fourth-order valence-electron chi connectivity index (χ4n) is 1.66. The molecule has 2 N–H and O–H groups in total. The van der Waals surface area contributed by atoms with Crippen LogP contribution >= 0.6 is 11.6 Å². The van der Waals surface area contributed by atoms with Crippen molar-refractivity contribution in [1.82, 2.24) is 0 Å². The van der Waals surface area contributed by atoms with Gasteiger partial charge in [-0.1, -0.05) is 23.7 Å². The molecule has 0 fully saturated rings. The van der Waals surface area contributed by atoms with Gasteiger partial charge in [0.25, 0.3) is 5.69 Å². The van der Waals surface area contributed by atoms with Crippen LogP contribution in [0.3, 0.4) is 0 Å². The first-order chi connectivity index (χ1) is 10.5. The second-order valence-corrected chi connectivity index (χ2v) is 4.63. The lowest BCUT2D eigenvalue weighted by atomic mass is 10.2. The molecule has 7 nitrogen and oxygen atoms in total. The molecule has 0 amide bonds. The maximum atomic E-state index is 11.0. The Balaban J connectivity index is 2.13. The number of hydrogen-bond donors (Lipinski definition) is 2. The number of carboxylic acid groups (broad SMARTS) is 1. The van der Waals surface area contributed by atoms with E-state index in [1.54, 1.807) is 18.2 Å². The zero-order valence-corrected chi connectivity index (χ0v) is 11.8. The number of nitrogens with zero attached hydrogens (tertiary/aromatic N) is 2. The standard InChI is InChI=1S/C14H10ClN3O4/c15-13-5-4-10(7-12(13)14(19)20)17-16-8-9-2-1-3-11(6-9)18(21)22/h1-8,17H,(H,19,20)/b16-8+. The van der Waals surface area contributed by atoms with E-state index < -0.39 is 10.9 Å². The first-order valence-electron chi connectivity index (χ1n) is 6.04. The van der Waals surface area contributed by atoms with E-state index >= 15 is 0 Å². The minimum absolute atomic E-state index is 0.0383. The van der Waals surface area contributed by atoms with Gasteiger partial charge in [0, 0.05) is 17.7 Å². The third-order valence-electron chi connectivity index (χ3n) is 2.69. The van der Waals surface area contributed by atoms with E-state index in [1.165, 1.54) is 30.5 Å². The lowest BCUT2D eigenvalue weighted by Gasteiger charge is -2.03. The van der Waals surface area contributed by atoms with Crippen molar-refractivity contribution in [3.63, 3.8) is 0 Å². The van der Waals surface area contributed by atoms with Crippen molar-refractivity contribution in [1.29, 1.82) is 0 Å². The van der Waals surface area contributed by atoms with Gasteiger partial charge in [0.15, 0.2) is 0 Å². The summed E-state index contributed by atoms with van der Waals surface area (Å²) in [4.78, 5) is 21.1. The van der Waals surface area contributed by atoms with Gasteiger partial charge in [-0.3, -0.25) is 15.5 Å². The predicted molar refractivity (Wildman–Crippen MR) is 82.7 cm³/mol. The minimum atomic E-state index is -1.14. The molecule has 0 aliphatic rings. The van der Waals surface area contributed by atoms with Crippen molar-refractivity contribution in [2.24, 2.45) is 5.10 Å². The molecule has 0 bridgehead atoms. The Kier molecular flexibility index (Phi) is 4.70. The van der Waals surface area contributed by atoms with Crippen LogP contribution in [0.25, 0.3) is 0 Å². The second-order valence-electron chi connectivity index (χ2n) is 4.22. The van der Waals surface area contributed by atoms with Gasteiger partial charge < -0.3 is 5.11 Å². The Morgan fingerprint density at radius 1 is 1.32 bits per heavy atom. The van der Waals surface area contributed by atoms with Crippen LogP contribution in [0.1, 0.15) is 15.9 Å². The zero-order valence-electron chi connectivity index (χ0n) is 11.1. The molecule has 2 aromatic rings. The Hall–Kier alpha value is -2.93. The van der Waals surface area contributed by atoms with Crippen LogP contribution in [-0.2, 0) is 0 Å². The maximum Gasteiger partial charge on any atom is 0.337 e. The van der Waals surface area contributed by atoms with Crippen molar-refractivity contribution in [2.45, 2.75) is 0 Å². The van der Waals surface area contributed by atoms with E-state index in [9.17, 15) is 14.9 Å². The number of hydrogen-bond acceptors (Lipinski definition) is 5. The highest BCUT2D eigenvalue weighted by atomic mass is 35.5. The third-order valence-corrected chi connectivity index (χ3v) is 3.01. The first kappa shape index (κ1) is 15.5. The third kappa shape index (κ3) is 3.80. The summed E-state index contributed by atoms with van der Waals surface area (Å²) in [6, 6.07) is 10.3. The molecule has 0 aliphatic heterocycles. The van der Waals surface area contributed by atoms with Gasteiger partial charge in [-0.15, -0.1) is 0 Å². The monoisotopic (exact) mass is 319 g/mol. The number of carbonyl (C=O) groups is 1. The lowest BCUT2D eigenvalue weighted by molar-refractivity contribution is -0.384. The Morgan fingerprint density at radius 3 is 2.77 bits per heavy atom. The zero-order chi connectivity index (χ0) is 16.1. The first-order valence-corrected chi connectivity index (χ1v) is 6.41. The summed E-state index contributed by atoms with van der Waals surface area (Å²) in [7, 11) is 0. The van der Waals surface area contributed by atoms with Crippen LogP contribution < -0.4 is 5.43 Å². The number of nitro benzene ring substituents is 1. The Labute approximate surface area is 130 Å². The minimum Gasteiger partial charge on any atom is -0.478 e. The average Bonchev–Trinajstić information content (AvgIpc) is 2.49. The van der Waals surface area contributed by atoms with E-state index in [-0.39, 0.29) is 16.3 Å². The summed E-state index contributed by atoms with van der Waals surface area (Å²) in [6.07, 6.45) is 1.39. The molecule has 0 spiro atoms. The van der Waals surface area contributed by atoms with E-state index in [0.717, 1.165) is 0 Å². The summed E-state index contributed by atoms with van der Waals surface area (Å²) in [5.41, 5.74) is 3.53. The molecular weight excluding hydrogens is 310 g/mol. The fraction of sp³-hybridized carbons (Fsp3) is 0. The van der Waals surface area contributed by atoms with Gasteiger partial charge in [0.2, 0.25) is 0 Å². The number of benzene rings is 2. The molecule has 2 aromatic carbocycles. The van der Waals surface area contributed by atoms with E-state index in [2.05, 4.69) is 10.5 Å². The molecule has 0 aliphatic carbocycles. The van der Waals surface area contributed by atoms with Gasteiger partial charge in [0.1, 0.15) is 0 Å². The number of aromatic carboxylic acids is 1. The smallest absolute Gasteiger partial charge is 0.337 e. The van der Waals surface area contributed by atoms with E-state index in [1.807, 2.05) is 0 Å². The SMILES string of the molecule is O=C(O)c1cc(N/N=C/c2cccc([N+](=O)[O-])c2)ccc1Cl.